The molecule has 0 bridgehead atoms. The number of rotatable bonds is 7. The summed E-state index contributed by atoms with van der Waals surface area (Å²) in [6.45, 7) is 0.278. The molecule has 0 aromatic heterocycles. The summed E-state index contributed by atoms with van der Waals surface area (Å²) in [5.41, 5.74) is 0.340. The first-order chi connectivity index (χ1) is 11.9. The summed E-state index contributed by atoms with van der Waals surface area (Å²) >= 11 is 0. The lowest BCUT2D eigenvalue weighted by molar-refractivity contribution is -0.149. The number of nitrogens with zero attached hydrogens (tertiary/aromatic N) is 1. The second-order valence-corrected chi connectivity index (χ2v) is 5.85. The highest BCUT2D eigenvalue weighted by molar-refractivity contribution is 5.98. The van der Waals surface area contributed by atoms with Crippen LogP contribution in [0.25, 0.3) is 0 Å². The standard InChI is InChI=1S/C17H20N2O6/c20-14(21)9-8-12(18-15(22)11-5-2-1-3-6-11)16(23)19-10-4-7-13(19)17(24)25/h1-3,5-6,12-13H,4,7-10H2,(H,18,22)(H,20,21)(H,24,25)/t12-,13-/m0/s1. The van der Waals surface area contributed by atoms with Crippen molar-refractivity contribution in [2.75, 3.05) is 6.54 Å². The number of amides is 2. The van der Waals surface area contributed by atoms with E-state index in [4.69, 9.17) is 5.11 Å². The molecule has 1 aromatic rings. The summed E-state index contributed by atoms with van der Waals surface area (Å²) in [7, 11) is 0. The van der Waals surface area contributed by atoms with E-state index in [2.05, 4.69) is 5.32 Å². The fourth-order valence-corrected chi connectivity index (χ4v) is 2.84. The van der Waals surface area contributed by atoms with Gasteiger partial charge in [0.1, 0.15) is 12.1 Å². The maximum atomic E-state index is 12.7. The van der Waals surface area contributed by atoms with Crippen LogP contribution in [0.3, 0.4) is 0 Å². The summed E-state index contributed by atoms with van der Waals surface area (Å²) in [6.07, 6.45) is 0.493. The Labute approximate surface area is 144 Å². The Morgan fingerprint density at radius 1 is 1.16 bits per heavy atom. The molecular weight excluding hydrogens is 328 g/mol. The Bertz CT molecular complexity index is 660. The molecule has 0 unspecified atom stereocenters. The Balaban J connectivity index is 2.14. The van der Waals surface area contributed by atoms with Gasteiger partial charge >= 0.3 is 11.9 Å². The number of hydrogen-bond acceptors (Lipinski definition) is 4. The smallest absolute Gasteiger partial charge is 0.326 e. The minimum atomic E-state index is -1.10. The van der Waals surface area contributed by atoms with E-state index in [0.717, 1.165) is 0 Å². The van der Waals surface area contributed by atoms with Crippen molar-refractivity contribution in [2.24, 2.45) is 0 Å². The van der Waals surface area contributed by atoms with Crippen molar-refractivity contribution in [3.05, 3.63) is 35.9 Å². The molecule has 0 radical (unpaired) electrons. The van der Waals surface area contributed by atoms with Crippen LogP contribution in [0.1, 0.15) is 36.0 Å². The molecule has 1 saturated heterocycles. The number of nitrogens with one attached hydrogen (secondary N) is 1. The van der Waals surface area contributed by atoms with Crippen LogP contribution >= 0.6 is 0 Å². The van der Waals surface area contributed by atoms with Crippen molar-refractivity contribution in [3.8, 4) is 0 Å². The van der Waals surface area contributed by atoms with Crippen LogP contribution in [0.5, 0.6) is 0 Å². The maximum Gasteiger partial charge on any atom is 0.326 e. The molecule has 0 aliphatic carbocycles. The summed E-state index contributed by atoms with van der Waals surface area (Å²) in [4.78, 5) is 48.3. The van der Waals surface area contributed by atoms with E-state index in [-0.39, 0.29) is 19.4 Å². The van der Waals surface area contributed by atoms with Crippen LogP contribution in [0, 0.1) is 0 Å². The Hall–Kier alpha value is -2.90. The van der Waals surface area contributed by atoms with Crippen molar-refractivity contribution in [3.63, 3.8) is 0 Å². The lowest BCUT2D eigenvalue weighted by Crippen LogP contribution is -2.51. The van der Waals surface area contributed by atoms with Crippen LogP contribution < -0.4 is 5.32 Å². The van der Waals surface area contributed by atoms with Crippen LogP contribution in [0.15, 0.2) is 30.3 Å². The van der Waals surface area contributed by atoms with Crippen LogP contribution in [-0.2, 0) is 14.4 Å². The molecule has 3 N–H and O–H groups in total. The first kappa shape index (κ1) is 18.4. The number of benzene rings is 1. The minimum absolute atomic E-state index is 0.102. The predicted octanol–water partition coefficient (Wildman–Crippen LogP) is 0.725. The van der Waals surface area contributed by atoms with E-state index >= 15 is 0 Å². The molecule has 0 saturated carbocycles. The molecule has 2 atom stereocenters. The molecule has 1 aliphatic rings. The largest absolute Gasteiger partial charge is 0.481 e. The average Bonchev–Trinajstić information content (AvgIpc) is 3.08. The number of carboxylic acid groups (broad SMARTS) is 2. The van der Waals surface area contributed by atoms with Crippen LogP contribution in [0.4, 0.5) is 0 Å². The predicted molar refractivity (Wildman–Crippen MR) is 86.9 cm³/mol. The highest BCUT2D eigenvalue weighted by Crippen LogP contribution is 2.19. The van der Waals surface area contributed by atoms with Crippen molar-refractivity contribution in [1.82, 2.24) is 10.2 Å². The van der Waals surface area contributed by atoms with E-state index in [1.54, 1.807) is 30.3 Å². The highest BCUT2D eigenvalue weighted by atomic mass is 16.4. The number of carboxylic acids is 2. The van der Waals surface area contributed by atoms with Gasteiger partial charge in [0.2, 0.25) is 5.91 Å². The molecule has 1 fully saturated rings. The van der Waals surface area contributed by atoms with Crippen LogP contribution in [0.2, 0.25) is 0 Å². The number of hydrogen-bond donors (Lipinski definition) is 3. The molecule has 2 rings (SSSR count). The van der Waals surface area contributed by atoms with Gasteiger partial charge < -0.3 is 20.4 Å². The first-order valence-electron chi connectivity index (χ1n) is 8.01. The third-order valence-electron chi connectivity index (χ3n) is 4.11. The van der Waals surface area contributed by atoms with Gasteiger partial charge in [0.15, 0.2) is 0 Å². The van der Waals surface area contributed by atoms with Gasteiger partial charge in [0, 0.05) is 18.5 Å². The van der Waals surface area contributed by atoms with Gasteiger partial charge in [-0.3, -0.25) is 14.4 Å². The molecule has 0 spiro atoms. The zero-order valence-electron chi connectivity index (χ0n) is 13.6. The van der Waals surface area contributed by atoms with E-state index < -0.39 is 35.8 Å². The van der Waals surface area contributed by atoms with Crippen LogP contribution in [-0.4, -0.2) is 57.5 Å². The SMILES string of the molecule is O=C(O)CC[C@H](NC(=O)c1ccccc1)C(=O)N1CCC[C@H]1C(=O)O. The minimum Gasteiger partial charge on any atom is -0.481 e. The summed E-state index contributed by atoms with van der Waals surface area (Å²) < 4.78 is 0. The monoisotopic (exact) mass is 348 g/mol. The Morgan fingerprint density at radius 2 is 1.84 bits per heavy atom. The highest BCUT2D eigenvalue weighted by Gasteiger charge is 2.37. The molecular formula is C17H20N2O6. The third-order valence-corrected chi connectivity index (χ3v) is 4.11. The van der Waals surface area contributed by atoms with Gasteiger partial charge in [-0.1, -0.05) is 18.2 Å². The van der Waals surface area contributed by atoms with Crippen molar-refractivity contribution in [1.29, 1.82) is 0 Å². The molecule has 8 nitrogen and oxygen atoms in total. The topological polar surface area (TPSA) is 124 Å². The molecule has 134 valence electrons. The quantitative estimate of drug-likeness (QED) is 0.667. The second kappa shape index (κ2) is 8.27. The molecule has 8 heteroatoms. The second-order valence-electron chi connectivity index (χ2n) is 5.85. The van der Waals surface area contributed by atoms with Gasteiger partial charge in [-0.25, -0.2) is 4.79 Å². The normalized spacial score (nSPS) is 17.8. The zero-order valence-corrected chi connectivity index (χ0v) is 13.6. The molecule has 25 heavy (non-hydrogen) atoms. The van der Waals surface area contributed by atoms with E-state index in [0.29, 0.717) is 18.4 Å². The maximum absolute atomic E-state index is 12.7. The molecule has 1 aliphatic heterocycles. The van der Waals surface area contributed by atoms with Crippen molar-refractivity contribution < 1.29 is 29.4 Å². The lowest BCUT2D eigenvalue weighted by Gasteiger charge is -2.27. The third kappa shape index (κ3) is 4.79. The van der Waals surface area contributed by atoms with Gasteiger partial charge in [-0.15, -0.1) is 0 Å². The molecule has 2 amide bonds. The Kier molecular flexibility index (Phi) is 6.10. The van der Waals surface area contributed by atoms with E-state index in [1.807, 2.05) is 0 Å². The molecule has 1 aromatic carbocycles. The number of likely N-dealkylation sites (tertiary alicyclic amines) is 1. The first-order valence-corrected chi connectivity index (χ1v) is 8.01. The average molecular weight is 348 g/mol. The zero-order chi connectivity index (χ0) is 18.4. The van der Waals surface area contributed by atoms with Gasteiger partial charge in [-0.2, -0.15) is 0 Å². The van der Waals surface area contributed by atoms with Gasteiger partial charge in [0.05, 0.1) is 0 Å². The fraction of sp³-hybridized carbons (Fsp3) is 0.412. The van der Waals surface area contributed by atoms with E-state index in [1.165, 1.54) is 4.90 Å². The Morgan fingerprint density at radius 3 is 2.44 bits per heavy atom. The lowest BCUT2D eigenvalue weighted by atomic mass is 10.1. The van der Waals surface area contributed by atoms with E-state index in [9.17, 15) is 24.3 Å². The van der Waals surface area contributed by atoms with Gasteiger partial charge in [0.25, 0.3) is 5.91 Å². The summed E-state index contributed by atoms with van der Waals surface area (Å²) in [5, 5.41) is 20.6. The molecule has 1 heterocycles. The van der Waals surface area contributed by atoms with Crippen molar-refractivity contribution in [2.45, 2.75) is 37.8 Å². The van der Waals surface area contributed by atoms with Crippen molar-refractivity contribution >= 4 is 23.8 Å². The number of aliphatic carboxylic acids is 2. The summed E-state index contributed by atoms with van der Waals surface area (Å²) in [6, 6.07) is 6.21. The number of carbonyl (C=O) groups is 4. The summed E-state index contributed by atoms with van der Waals surface area (Å²) in [5.74, 6) is -3.26. The van der Waals surface area contributed by atoms with Gasteiger partial charge in [-0.05, 0) is 31.4 Å². The number of carbonyl (C=O) groups excluding carboxylic acids is 2. The fourth-order valence-electron chi connectivity index (χ4n) is 2.84.